The molecule has 1 aliphatic heterocycles. The summed E-state index contributed by atoms with van der Waals surface area (Å²) in [6.07, 6.45) is 5.71. The molecule has 4 nitrogen and oxygen atoms in total. The second kappa shape index (κ2) is 11.1. The maximum absolute atomic E-state index is 13.3. The number of carbonyl (C=O) groups excluding carboxylic acids is 1. The number of methoxy groups -OCH3 is 1. The third-order valence-electron chi connectivity index (χ3n) is 7.40. The van der Waals surface area contributed by atoms with Crippen LogP contribution < -0.4 is 9.47 Å². The lowest BCUT2D eigenvalue weighted by Crippen LogP contribution is -2.34. The number of hydrogen-bond donors (Lipinski definition) is 0. The molecule has 0 amide bonds. The van der Waals surface area contributed by atoms with Crippen molar-refractivity contribution in [2.45, 2.75) is 18.4 Å². The number of aryl methyl sites for hydroxylation is 1. The fraction of sp³-hybridized carbons (Fsp3) is 0.139. The van der Waals surface area contributed by atoms with Gasteiger partial charge in [0.15, 0.2) is 5.60 Å². The molecule has 0 fully saturated rings. The molecule has 0 atom stereocenters. The number of esters is 1. The molecule has 4 heteroatoms. The van der Waals surface area contributed by atoms with E-state index in [9.17, 15) is 4.79 Å². The molecule has 0 aromatic heterocycles. The molecular weight excluding hydrogens is 496 g/mol. The largest absolute Gasteiger partial charge is 0.492 e. The highest BCUT2D eigenvalue weighted by molar-refractivity contribution is 6.08. The molecule has 0 saturated heterocycles. The van der Waals surface area contributed by atoms with Crippen LogP contribution in [-0.2, 0) is 16.8 Å². The Morgan fingerprint density at radius 2 is 1.32 bits per heavy atom. The van der Waals surface area contributed by atoms with Crippen molar-refractivity contribution < 1.29 is 19.0 Å². The molecule has 0 saturated carbocycles. The molecule has 5 aromatic rings. The highest BCUT2D eigenvalue weighted by Crippen LogP contribution is 2.49. The zero-order valence-electron chi connectivity index (χ0n) is 22.4. The van der Waals surface area contributed by atoms with Gasteiger partial charge < -0.3 is 14.2 Å². The van der Waals surface area contributed by atoms with Crippen LogP contribution in [0.2, 0.25) is 0 Å². The Morgan fingerprint density at radius 3 is 1.95 bits per heavy atom. The summed E-state index contributed by atoms with van der Waals surface area (Å²) in [6, 6.07) is 38.5. The zero-order valence-corrected chi connectivity index (χ0v) is 22.4. The lowest BCUT2D eigenvalue weighted by Gasteiger charge is -2.37. The van der Waals surface area contributed by atoms with Crippen molar-refractivity contribution >= 4 is 22.8 Å². The van der Waals surface area contributed by atoms with Crippen LogP contribution in [0.4, 0.5) is 0 Å². The van der Waals surface area contributed by atoms with E-state index in [4.69, 9.17) is 14.2 Å². The minimum absolute atomic E-state index is 0.377. The van der Waals surface area contributed by atoms with Crippen molar-refractivity contribution in [2.24, 2.45) is 0 Å². The van der Waals surface area contributed by atoms with Crippen LogP contribution >= 0.6 is 0 Å². The first-order valence-electron chi connectivity index (χ1n) is 13.5. The third kappa shape index (κ3) is 4.62. The lowest BCUT2D eigenvalue weighted by molar-refractivity contribution is 0.0594. The fourth-order valence-corrected chi connectivity index (χ4v) is 5.46. The van der Waals surface area contributed by atoms with Crippen LogP contribution in [0.25, 0.3) is 16.8 Å². The van der Waals surface area contributed by atoms with Crippen molar-refractivity contribution in [3.05, 3.63) is 149 Å². The number of benzene rings is 5. The molecule has 0 unspecified atom stereocenters. The summed E-state index contributed by atoms with van der Waals surface area (Å²) in [6.45, 7) is 0.463. The van der Waals surface area contributed by atoms with Crippen LogP contribution in [0.15, 0.2) is 121 Å². The highest BCUT2D eigenvalue weighted by Gasteiger charge is 2.39. The van der Waals surface area contributed by atoms with E-state index in [1.165, 1.54) is 12.7 Å². The topological polar surface area (TPSA) is 44.8 Å². The van der Waals surface area contributed by atoms with Crippen molar-refractivity contribution in [2.75, 3.05) is 13.7 Å². The zero-order chi connectivity index (χ0) is 27.4. The number of rotatable bonds is 8. The predicted molar refractivity (Wildman–Crippen MR) is 159 cm³/mol. The summed E-state index contributed by atoms with van der Waals surface area (Å²) in [5.74, 6) is 0.692. The van der Waals surface area contributed by atoms with Crippen molar-refractivity contribution in [1.82, 2.24) is 0 Å². The number of fused-ring (bicyclic) bond motifs is 3. The summed E-state index contributed by atoms with van der Waals surface area (Å²) >= 11 is 0. The SMILES string of the molecule is COC(=O)c1c2c(c3ccccc3c1OCCCc1ccccc1)OC(c1ccccc1)(c1ccccc1)C=C2. The van der Waals surface area contributed by atoms with Gasteiger partial charge in [-0.15, -0.1) is 0 Å². The van der Waals surface area contributed by atoms with Gasteiger partial charge in [0.05, 0.1) is 13.7 Å². The summed E-state index contributed by atoms with van der Waals surface area (Å²) in [4.78, 5) is 13.3. The van der Waals surface area contributed by atoms with Gasteiger partial charge in [-0.1, -0.05) is 115 Å². The second-order valence-electron chi connectivity index (χ2n) is 9.82. The molecule has 0 bridgehead atoms. The standard InChI is InChI=1S/C36H30O4/c1-38-35(37)32-31-23-24-36(27-17-7-3-8-18-27,28-19-9-4-10-20-28)40-33(31)29-21-11-12-22-30(29)34(32)39-25-13-16-26-14-5-2-6-15-26/h2-12,14-15,17-24H,13,16,25H2,1H3. The van der Waals surface area contributed by atoms with Crippen molar-refractivity contribution in [1.29, 1.82) is 0 Å². The van der Waals surface area contributed by atoms with Gasteiger partial charge in [-0.25, -0.2) is 4.79 Å². The molecule has 0 radical (unpaired) electrons. The average molecular weight is 527 g/mol. The Labute approximate surface area is 234 Å². The van der Waals surface area contributed by atoms with Crippen LogP contribution in [-0.4, -0.2) is 19.7 Å². The molecule has 1 heterocycles. The van der Waals surface area contributed by atoms with E-state index in [1.807, 2.05) is 91.0 Å². The van der Waals surface area contributed by atoms with Gasteiger partial charge in [0.25, 0.3) is 0 Å². The van der Waals surface area contributed by atoms with Gasteiger partial charge in [0.2, 0.25) is 0 Å². The van der Waals surface area contributed by atoms with Gasteiger partial charge in [0, 0.05) is 27.5 Å². The maximum Gasteiger partial charge on any atom is 0.342 e. The Morgan fingerprint density at radius 1 is 0.750 bits per heavy atom. The van der Waals surface area contributed by atoms with E-state index < -0.39 is 11.6 Å². The second-order valence-corrected chi connectivity index (χ2v) is 9.82. The Bertz CT molecular complexity index is 1620. The van der Waals surface area contributed by atoms with Gasteiger partial charge >= 0.3 is 5.97 Å². The van der Waals surface area contributed by atoms with Gasteiger partial charge in [-0.05, 0) is 30.6 Å². The number of carbonyl (C=O) groups is 1. The van der Waals surface area contributed by atoms with E-state index in [0.29, 0.717) is 29.2 Å². The van der Waals surface area contributed by atoms with E-state index in [0.717, 1.165) is 34.7 Å². The lowest BCUT2D eigenvalue weighted by atomic mass is 9.82. The summed E-state index contributed by atoms with van der Waals surface area (Å²) in [5.41, 5.74) is 3.40. The van der Waals surface area contributed by atoms with Crippen LogP contribution in [0.3, 0.4) is 0 Å². The van der Waals surface area contributed by atoms with Gasteiger partial charge in [-0.3, -0.25) is 0 Å². The molecule has 198 valence electrons. The highest BCUT2D eigenvalue weighted by atomic mass is 16.5. The predicted octanol–water partition coefficient (Wildman–Crippen LogP) is 7.99. The number of hydrogen-bond acceptors (Lipinski definition) is 4. The molecule has 0 N–H and O–H groups in total. The van der Waals surface area contributed by atoms with Gasteiger partial charge in [-0.2, -0.15) is 0 Å². The van der Waals surface area contributed by atoms with Crippen LogP contribution in [0.5, 0.6) is 11.5 Å². The molecule has 0 aliphatic carbocycles. The quantitative estimate of drug-likeness (QED) is 0.152. The smallest absolute Gasteiger partial charge is 0.342 e. The summed E-state index contributed by atoms with van der Waals surface area (Å²) in [5, 5.41) is 1.69. The first-order chi connectivity index (χ1) is 19.7. The third-order valence-corrected chi connectivity index (χ3v) is 7.40. The monoisotopic (exact) mass is 526 g/mol. The molecule has 40 heavy (non-hydrogen) atoms. The Balaban J connectivity index is 1.47. The van der Waals surface area contributed by atoms with Crippen LogP contribution in [0, 0.1) is 0 Å². The molecule has 0 spiro atoms. The van der Waals surface area contributed by atoms with E-state index >= 15 is 0 Å². The summed E-state index contributed by atoms with van der Waals surface area (Å²) < 4.78 is 18.7. The van der Waals surface area contributed by atoms with Gasteiger partial charge in [0.1, 0.15) is 17.1 Å². The fourth-order valence-electron chi connectivity index (χ4n) is 5.46. The molecular formula is C36H30O4. The minimum atomic E-state index is -0.871. The normalized spacial score (nSPS) is 13.3. The molecule has 1 aliphatic rings. The van der Waals surface area contributed by atoms with Crippen molar-refractivity contribution in [3.8, 4) is 11.5 Å². The first kappa shape index (κ1) is 25.4. The van der Waals surface area contributed by atoms with E-state index in [1.54, 1.807) is 0 Å². The first-order valence-corrected chi connectivity index (χ1v) is 13.5. The number of ether oxygens (including phenoxy) is 3. The van der Waals surface area contributed by atoms with E-state index in [-0.39, 0.29) is 0 Å². The molecule has 6 rings (SSSR count). The Kier molecular flexibility index (Phi) is 7.07. The van der Waals surface area contributed by atoms with Crippen molar-refractivity contribution in [3.63, 3.8) is 0 Å². The minimum Gasteiger partial charge on any atom is -0.492 e. The van der Waals surface area contributed by atoms with Crippen LogP contribution in [0.1, 0.15) is 39.0 Å². The maximum atomic E-state index is 13.3. The average Bonchev–Trinajstić information content (AvgIpc) is 3.03. The summed E-state index contributed by atoms with van der Waals surface area (Å²) in [7, 11) is 1.40. The van der Waals surface area contributed by atoms with E-state index in [2.05, 4.69) is 36.4 Å². The molecule has 5 aromatic carbocycles. The Hall–Kier alpha value is -4.83.